The van der Waals surface area contributed by atoms with E-state index in [1.54, 1.807) is 56.9 Å². The molecule has 2 heterocycles. The Hall–Kier alpha value is -3.85. The highest BCUT2D eigenvalue weighted by atomic mass is 32.1. The number of para-hydroxylation sites is 1. The van der Waals surface area contributed by atoms with Crippen molar-refractivity contribution in [3.05, 3.63) is 84.5 Å². The van der Waals surface area contributed by atoms with Crippen LogP contribution in [0.25, 0.3) is 6.08 Å². The second kappa shape index (κ2) is 11.0. The summed E-state index contributed by atoms with van der Waals surface area (Å²) in [6.07, 6.45) is 1.65. The third kappa shape index (κ3) is 5.17. The number of allylic oxidation sites excluding steroid dienone is 1. The van der Waals surface area contributed by atoms with Gasteiger partial charge in [0.05, 0.1) is 42.7 Å². The van der Waals surface area contributed by atoms with Gasteiger partial charge in [0.25, 0.3) is 5.56 Å². The maximum Gasteiger partial charge on any atom is 0.338 e. The Labute approximate surface area is 219 Å². The minimum atomic E-state index is -0.764. The number of ether oxygens (including phenoxy) is 4. The smallest absolute Gasteiger partial charge is 0.338 e. The van der Waals surface area contributed by atoms with E-state index < -0.39 is 12.0 Å². The predicted octanol–water partition coefficient (Wildman–Crippen LogP) is 3.60. The summed E-state index contributed by atoms with van der Waals surface area (Å²) < 4.78 is 24.3. The number of rotatable bonds is 8. The van der Waals surface area contributed by atoms with Crippen molar-refractivity contribution in [1.82, 2.24) is 4.57 Å². The summed E-state index contributed by atoms with van der Waals surface area (Å²) in [6.45, 7) is 7.56. The van der Waals surface area contributed by atoms with Gasteiger partial charge < -0.3 is 18.9 Å². The number of fused-ring (bicyclic) bond motifs is 1. The van der Waals surface area contributed by atoms with Crippen molar-refractivity contribution in [3.63, 3.8) is 0 Å². The number of hydrogen-bond donors (Lipinski definition) is 0. The summed E-state index contributed by atoms with van der Waals surface area (Å²) in [5.74, 6) is 1.31. The van der Waals surface area contributed by atoms with E-state index in [1.165, 1.54) is 11.3 Å². The number of carbonyl (C=O) groups is 1. The third-order valence-corrected chi connectivity index (χ3v) is 6.80. The maximum absolute atomic E-state index is 13.9. The number of hydrogen-bond acceptors (Lipinski definition) is 8. The zero-order chi connectivity index (χ0) is 26.7. The van der Waals surface area contributed by atoms with Crippen LogP contribution >= 0.6 is 11.3 Å². The Morgan fingerprint density at radius 2 is 1.89 bits per heavy atom. The molecule has 0 spiro atoms. The van der Waals surface area contributed by atoms with Crippen molar-refractivity contribution in [1.29, 1.82) is 0 Å². The standard InChI is InChI=1S/C28H30N2O6S/c1-7-35-27(32)24-17(4)29-28-30(25(24)20-10-8-9-11-22(20)36-16(2)3)26(31)23(37-28)15-18-14-19(33-5)12-13-21(18)34-6/h8-16,25H,7H2,1-6H3/b23-15-/t25-/m1/s1. The van der Waals surface area contributed by atoms with Crippen molar-refractivity contribution in [2.24, 2.45) is 4.99 Å². The van der Waals surface area contributed by atoms with Crippen LogP contribution in [0.2, 0.25) is 0 Å². The number of benzene rings is 2. The molecule has 0 unspecified atom stereocenters. The fraction of sp³-hybridized carbons (Fsp3) is 0.321. The predicted molar refractivity (Wildman–Crippen MR) is 142 cm³/mol. The number of esters is 1. The zero-order valence-electron chi connectivity index (χ0n) is 21.7. The van der Waals surface area contributed by atoms with Crippen molar-refractivity contribution < 1.29 is 23.7 Å². The Morgan fingerprint density at radius 1 is 1.14 bits per heavy atom. The molecule has 0 bridgehead atoms. The van der Waals surface area contributed by atoms with Gasteiger partial charge in [0.2, 0.25) is 0 Å². The summed E-state index contributed by atoms with van der Waals surface area (Å²) in [5.41, 5.74) is 1.88. The average molecular weight is 523 g/mol. The molecule has 0 saturated carbocycles. The van der Waals surface area contributed by atoms with Crippen LogP contribution in [0.5, 0.6) is 17.2 Å². The van der Waals surface area contributed by atoms with Crippen molar-refractivity contribution >= 4 is 23.4 Å². The van der Waals surface area contributed by atoms with Gasteiger partial charge in [-0.05, 0) is 58.0 Å². The summed E-state index contributed by atoms with van der Waals surface area (Å²) >= 11 is 1.24. The second-order valence-electron chi connectivity index (χ2n) is 8.61. The summed E-state index contributed by atoms with van der Waals surface area (Å²) in [6, 6.07) is 12.0. The minimum absolute atomic E-state index is 0.103. The molecule has 0 N–H and O–H groups in total. The van der Waals surface area contributed by atoms with E-state index in [4.69, 9.17) is 18.9 Å². The highest BCUT2D eigenvalue weighted by Gasteiger charge is 2.35. The number of carbonyl (C=O) groups excluding carboxylic acids is 1. The van der Waals surface area contributed by atoms with Gasteiger partial charge >= 0.3 is 5.97 Å². The molecule has 2 aromatic carbocycles. The number of thiazole rings is 1. The second-order valence-corrected chi connectivity index (χ2v) is 9.62. The van der Waals surface area contributed by atoms with E-state index in [-0.39, 0.29) is 18.3 Å². The molecule has 0 radical (unpaired) electrons. The Bertz CT molecular complexity index is 1530. The SMILES string of the molecule is CCOC(=O)C1=C(C)N=c2s/c(=C\c3cc(OC)ccc3OC)c(=O)n2[C@@H]1c1ccccc1OC(C)C. The van der Waals surface area contributed by atoms with Crippen molar-refractivity contribution in [2.75, 3.05) is 20.8 Å². The van der Waals surface area contributed by atoms with Gasteiger partial charge in [-0.2, -0.15) is 0 Å². The fourth-order valence-electron chi connectivity index (χ4n) is 4.25. The van der Waals surface area contributed by atoms with E-state index in [2.05, 4.69) is 4.99 Å². The molecule has 1 aliphatic heterocycles. The van der Waals surface area contributed by atoms with E-state index >= 15 is 0 Å². The molecular formula is C28H30N2O6S. The molecule has 4 rings (SSSR count). The lowest BCUT2D eigenvalue weighted by molar-refractivity contribution is -0.139. The quantitative estimate of drug-likeness (QED) is 0.420. The molecule has 3 aromatic rings. The summed E-state index contributed by atoms with van der Waals surface area (Å²) in [7, 11) is 3.15. The molecule has 0 saturated heterocycles. The first kappa shape index (κ1) is 26.2. The van der Waals surface area contributed by atoms with E-state index in [0.29, 0.717) is 49.0 Å². The van der Waals surface area contributed by atoms with Crippen LogP contribution in [-0.2, 0) is 9.53 Å². The largest absolute Gasteiger partial charge is 0.497 e. The molecule has 0 aliphatic carbocycles. The van der Waals surface area contributed by atoms with Crippen LogP contribution in [0.3, 0.4) is 0 Å². The van der Waals surface area contributed by atoms with E-state index in [0.717, 1.165) is 0 Å². The van der Waals surface area contributed by atoms with Crippen molar-refractivity contribution in [3.8, 4) is 17.2 Å². The van der Waals surface area contributed by atoms with Gasteiger partial charge in [0.15, 0.2) is 4.80 Å². The first-order chi connectivity index (χ1) is 17.8. The van der Waals surface area contributed by atoms with Gasteiger partial charge in [-0.1, -0.05) is 29.5 Å². The molecular weight excluding hydrogens is 492 g/mol. The lowest BCUT2D eigenvalue weighted by Crippen LogP contribution is -2.40. The highest BCUT2D eigenvalue weighted by molar-refractivity contribution is 7.07. The molecule has 9 heteroatoms. The van der Waals surface area contributed by atoms with Crippen LogP contribution in [0.1, 0.15) is 44.9 Å². The molecule has 8 nitrogen and oxygen atoms in total. The average Bonchev–Trinajstić information content (AvgIpc) is 3.17. The Kier molecular flexibility index (Phi) is 7.83. The topological polar surface area (TPSA) is 88.4 Å². The van der Waals surface area contributed by atoms with Crippen LogP contribution in [0.4, 0.5) is 0 Å². The van der Waals surface area contributed by atoms with Crippen LogP contribution in [0, 0.1) is 0 Å². The lowest BCUT2D eigenvalue weighted by Gasteiger charge is -2.26. The number of nitrogens with zero attached hydrogens (tertiary/aromatic N) is 2. The minimum Gasteiger partial charge on any atom is -0.497 e. The molecule has 194 valence electrons. The van der Waals surface area contributed by atoms with Crippen molar-refractivity contribution in [2.45, 2.75) is 39.8 Å². The lowest BCUT2D eigenvalue weighted by atomic mass is 9.95. The maximum atomic E-state index is 13.9. The molecule has 1 aliphatic rings. The summed E-state index contributed by atoms with van der Waals surface area (Å²) in [4.78, 5) is 32.2. The van der Waals surface area contributed by atoms with E-state index in [9.17, 15) is 9.59 Å². The zero-order valence-corrected chi connectivity index (χ0v) is 22.5. The van der Waals surface area contributed by atoms with Crippen LogP contribution < -0.4 is 29.1 Å². The van der Waals surface area contributed by atoms with Gasteiger partial charge in [0, 0.05) is 11.1 Å². The normalized spacial score (nSPS) is 15.3. The number of aromatic nitrogens is 1. The van der Waals surface area contributed by atoms with Gasteiger partial charge in [-0.25, -0.2) is 9.79 Å². The molecule has 0 amide bonds. The first-order valence-corrected chi connectivity index (χ1v) is 12.8. The molecule has 1 atom stereocenters. The molecule has 37 heavy (non-hydrogen) atoms. The van der Waals surface area contributed by atoms with Crippen LogP contribution in [0.15, 0.2) is 63.5 Å². The highest BCUT2D eigenvalue weighted by Crippen LogP contribution is 2.36. The summed E-state index contributed by atoms with van der Waals surface area (Å²) in [5, 5.41) is 0. The molecule has 1 aromatic heterocycles. The Morgan fingerprint density at radius 3 is 2.57 bits per heavy atom. The van der Waals surface area contributed by atoms with Gasteiger partial charge in [-0.3, -0.25) is 9.36 Å². The van der Waals surface area contributed by atoms with Gasteiger partial charge in [0.1, 0.15) is 23.3 Å². The fourth-order valence-corrected chi connectivity index (χ4v) is 5.28. The monoisotopic (exact) mass is 522 g/mol. The first-order valence-electron chi connectivity index (χ1n) is 12.0. The third-order valence-electron chi connectivity index (χ3n) is 5.82. The van der Waals surface area contributed by atoms with Gasteiger partial charge in [-0.15, -0.1) is 0 Å². The van der Waals surface area contributed by atoms with E-state index in [1.807, 2.05) is 38.1 Å². The van der Waals surface area contributed by atoms with Crippen LogP contribution in [-0.4, -0.2) is 37.5 Å². The Balaban J connectivity index is 2.00. The molecule has 0 fully saturated rings. The number of methoxy groups -OCH3 is 2.